The molecule has 0 saturated carbocycles. The zero-order valence-corrected chi connectivity index (χ0v) is 35.6. The molecule has 7 unspecified atom stereocenters. The van der Waals surface area contributed by atoms with Crippen LogP contribution in [0.25, 0.3) is 0 Å². The van der Waals surface area contributed by atoms with Crippen LogP contribution in [0.2, 0.25) is 0 Å². The van der Waals surface area contributed by atoms with Crippen LogP contribution in [0.3, 0.4) is 0 Å². The zero-order valence-electron chi connectivity index (χ0n) is 34.7. The van der Waals surface area contributed by atoms with E-state index in [0.717, 1.165) is 38.0 Å². The van der Waals surface area contributed by atoms with Gasteiger partial charge in [0.1, 0.15) is 0 Å². The van der Waals surface area contributed by atoms with E-state index in [2.05, 4.69) is 51.5 Å². The van der Waals surface area contributed by atoms with Gasteiger partial charge in [-0.15, -0.1) is 0 Å². The first kappa shape index (κ1) is 49.4. The van der Waals surface area contributed by atoms with Gasteiger partial charge in [0.05, 0.1) is 30.7 Å². The topological polar surface area (TPSA) is 122 Å². The molecule has 3 N–H and O–H groups in total. The van der Waals surface area contributed by atoms with Gasteiger partial charge in [-0.25, -0.2) is 0 Å². The lowest BCUT2D eigenvalue weighted by Gasteiger charge is -2.40. The molecular weight excluding hydrogens is 675 g/mol. The van der Waals surface area contributed by atoms with Gasteiger partial charge in [-0.05, 0) is 56.4 Å². The third-order valence-corrected chi connectivity index (χ3v) is 11.0. The van der Waals surface area contributed by atoms with Crippen LogP contribution in [0.15, 0.2) is 37.0 Å². The SMILES string of the molecule is C=C/C=C(\C=C)C(O)C(C)NC(=O)C(C)[C@@H](CCC)N(CCCC)C(=O)CC(C)C(C(C)CC)N(C)C(=O)CNC(=O)C(C(C)C)N(C)CCSC. The number of allylic oxidation sites excluding steroid dienone is 2. The first-order valence-corrected chi connectivity index (χ1v) is 20.8. The highest BCUT2D eigenvalue weighted by Gasteiger charge is 2.36. The Balaban J connectivity index is 6.11. The van der Waals surface area contributed by atoms with Crippen molar-refractivity contribution in [2.24, 2.45) is 23.7 Å². The van der Waals surface area contributed by atoms with Crippen LogP contribution in [-0.2, 0) is 19.2 Å². The number of rotatable bonds is 27. The maximum atomic E-state index is 14.3. The summed E-state index contributed by atoms with van der Waals surface area (Å²) in [6.45, 7) is 26.6. The number of nitrogens with one attached hydrogen (secondary N) is 2. The number of hydrogen-bond donors (Lipinski definition) is 3. The fraction of sp³-hybridized carbons (Fsp3) is 0.756. The summed E-state index contributed by atoms with van der Waals surface area (Å²) in [5.41, 5.74) is 0.560. The molecule has 0 fully saturated rings. The van der Waals surface area contributed by atoms with Gasteiger partial charge in [0, 0.05) is 44.4 Å². The lowest BCUT2D eigenvalue weighted by atomic mass is 9.84. The second kappa shape index (κ2) is 26.2. The van der Waals surface area contributed by atoms with Crippen LogP contribution in [0.1, 0.15) is 101 Å². The van der Waals surface area contributed by atoms with Crippen LogP contribution in [0.4, 0.5) is 0 Å². The van der Waals surface area contributed by atoms with Crippen molar-refractivity contribution >= 4 is 35.4 Å². The molecule has 0 saturated heterocycles. The predicted molar refractivity (Wildman–Crippen MR) is 219 cm³/mol. The van der Waals surface area contributed by atoms with Crippen molar-refractivity contribution in [3.63, 3.8) is 0 Å². The number of amides is 4. The van der Waals surface area contributed by atoms with E-state index in [0.29, 0.717) is 18.5 Å². The average molecular weight is 750 g/mol. The van der Waals surface area contributed by atoms with E-state index in [1.165, 1.54) is 0 Å². The van der Waals surface area contributed by atoms with Gasteiger partial charge in [0.15, 0.2) is 0 Å². The molecule has 0 heterocycles. The number of aliphatic hydroxyl groups is 1. The molecule has 0 spiro atoms. The van der Waals surface area contributed by atoms with Crippen molar-refractivity contribution in [3.05, 3.63) is 37.0 Å². The lowest BCUT2D eigenvalue weighted by Crippen LogP contribution is -2.54. The second-order valence-electron chi connectivity index (χ2n) is 14.9. The first-order valence-electron chi connectivity index (χ1n) is 19.4. The van der Waals surface area contributed by atoms with Gasteiger partial charge >= 0.3 is 0 Å². The Morgan fingerprint density at radius 2 is 1.52 bits per heavy atom. The predicted octanol–water partition coefficient (Wildman–Crippen LogP) is 5.92. The fourth-order valence-electron chi connectivity index (χ4n) is 7.12. The van der Waals surface area contributed by atoms with Crippen molar-refractivity contribution in [2.75, 3.05) is 45.7 Å². The highest BCUT2D eigenvalue weighted by atomic mass is 32.2. The highest BCUT2D eigenvalue weighted by molar-refractivity contribution is 7.98. The third-order valence-electron chi connectivity index (χ3n) is 10.4. The average Bonchev–Trinajstić information content (AvgIpc) is 3.10. The number of nitrogens with zero attached hydrogens (tertiary/aromatic N) is 3. The van der Waals surface area contributed by atoms with Crippen LogP contribution < -0.4 is 10.6 Å². The summed E-state index contributed by atoms with van der Waals surface area (Å²) in [6, 6.07) is -1.48. The molecule has 4 amide bonds. The van der Waals surface area contributed by atoms with Crippen LogP contribution in [-0.4, -0.2) is 119 Å². The standard InChI is InChI=1S/C41H75N5O5S/c1-15-20-23-46(34(22-17-3)31(10)40(50)43-32(11)39(49)33(19-5)21-16-2)35(47)26-30(9)38(29(8)18-4)45(13)36(48)27-42-41(51)37(28(6)7)44(12)24-25-52-14/h16,19,21,28-32,34,37-39,49H,2,5,15,17-18,20,22-27H2,1,3-4,6-14H3,(H,42,51)(H,43,50)/b33-21+/t29?,30?,31?,32?,34-,37?,38?,39?/m1/s1. The van der Waals surface area contributed by atoms with Crippen molar-refractivity contribution in [3.8, 4) is 0 Å². The molecular formula is C41H75N5O5S. The summed E-state index contributed by atoms with van der Waals surface area (Å²) in [5.74, 6) is -0.202. The monoisotopic (exact) mass is 750 g/mol. The number of likely N-dealkylation sites (N-methyl/N-ethyl adjacent to an activating group) is 2. The van der Waals surface area contributed by atoms with Gasteiger partial charge in [-0.2, -0.15) is 11.8 Å². The maximum Gasteiger partial charge on any atom is 0.241 e. The normalized spacial score (nSPS) is 16.6. The third kappa shape index (κ3) is 15.8. The van der Waals surface area contributed by atoms with E-state index in [1.54, 1.807) is 48.9 Å². The zero-order chi connectivity index (χ0) is 40.1. The highest BCUT2D eigenvalue weighted by Crippen LogP contribution is 2.27. The Hall–Kier alpha value is -2.63. The van der Waals surface area contributed by atoms with Crippen LogP contribution in [0.5, 0.6) is 0 Å². The molecule has 0 rings (SSSR count). The van der Waals surface area contributed by atoms with E-state index in [1.807, 2.05) is 50.8 Å². The van der Waals surface area contributed by atoms with Crippen LogP contribution >= 0.6 is 11.8 Å². The minimum absolute atomic E-state index is 0.0366. The summed E-state index contributed by atoms with van der Waals surface area (Å²) < 4.78 is 0. The molecule has 300 valence electrons. The summed E-state index contributed by atoms with van der Waals surface area (Å²) >= 11 is 1.73. The smallest absolute Gasteiger partial charge is 0.241 e. The number of carbonyl (C=O) groups excluding carboxylic acids is 4. The van der Waals surface area contributed by atoms with Gasteiger partial charge in [-0.1, -0.05) is 106 Å². The molecule has 0 aromatic rings. The Morgan fingerprint density at radius 1 is 0.885 bits per heavy atom. The molecule has 0 aliphatic carbocycles. The number of hydrogen-bond acceptors (Lipinski definition) is 7. The van der Waals surface area contributed by atoms with E-state index >= 15 is 0 Å². The van der Waals surface area contributed by atoms with E-state index < -0.39 is 18.1 Å². The minimum atomic E-state index is -0.955. The second-order valence-corrected chi connectivity index (χ2v) is 15.9. The van der Waals surface area contributed by atoms with Crippen molar-refractivity contribution in [1.82, 2.24) is 25.3 Å². The Bertz CT molecular complexity index is 1150. The largest absolute Gasteiger partial charge is 0.386 e. The lowest BCUT2D eigenvalue weighted by molar-refractivity contribution is -0.141. The molecule has 0 bridgehead atoms. The maximum absolute atomic E-state index is 14.3. The van der Waals surface area contributed by atoms with Gasteiger partial charge in [0.25, 0.3) is 0 Å². The fourth-order valence-corrected chi connectivity index (χ4v) is 7.59. The van der Waals surface area contributed by atoms with Gasteiger partial charge < -0.3 is 25.5 Å². The van der Waals surface area contributed by atoms with E-state index in [9.17, 15) is 24.3 Å². The van der Waals surface area contributed by atoms with Crippen molar-refractivity contribution in [1.29, 1.82) is 0 Å². The van der Waals surface area contributed by atoms with Gasteiger partial charge in [-0.3, -0.25) is 24.1 Å². The Labute approximate surface area is 321 Å². The van der Waals surface area contributed by atoms with Crippen molar-refractivity contribution < 1.29 is 24.3 Å². The molecule has 52 heavy (non-hydrogen) atoms. The number of unbranched alkanes of at least 4 members (excludes halogenated alkanes) is 1. The molecule has 11 heteroatoms. The molecule has 10 nitrogen and oxygen atoms in total. The summed E-state index contributed by atoms with van der Waals surface area (Å²) in [4.78, 5) is 60.5. The molecule has 0 aliphatic heterocycles. The molecule has 0 aliphatic rings. The number of aliphatic hydroxyl groups excluding tert-OH is 1. The summed E-state index contributed by atoms with van der Waals surface area (Å²) in [5, 5.41) is 16.7. The Kier molecular flexibility index (Phi) is 24.9. The van der Waals surface area contributed by atoms with Gasteiger partial charge in [0.2, 0.25) is 23.6 Å². The molecule has 0 aromatic heterocycles. The molecule has 0 radical (unpaired) electrons. The minimum Gasteiger partial charge on any atom is -0.386 e. The summed E-state index contributed by atoms with van der Waals surface area (Å²) in [7, 11) is 3.72. The first-order chi connectivity index (χ1) is 24.5. The van der Waals surface area contributed by atoms with E-state index in [4.69, 9.17) is 0 Å². The molecule has 8 atom stereocenters. The van der Waals surface area contributed by atoms with E-state index in [-0.39, 0.29) is 72.5 Å². The van der Waals surface area contributed by atoms with Crippen LogP contribution in [0, 0.1) is 23.7 Å². The number of thioether (sulfide) groups is 1. The number of carbonyl (C=O) groups is 4. The summed E-state index contributed by atoms with van der Waals surface area (Å²) in [6.07, 6.45) is 10.0. The quantitative estimate of drug-likeness (QED) is 0.0893. The Morgan fingerprint density at radius 3 is 2.02 bits per heavy atom. The molecule has 0 aromatic carbocycles. The van der Waals surface area contributed by atoms with Crippen molar-refractivity contribution in [2.45, 2.75) is 131 Å².